The first-order valence-electron chi connectivity index (χ1n) is 6.71. The molecule has 0 saturated carbocycles. The first kappa shape index (κ1) is 16.1. The number of methoxy groups -OCH3 is 1. The molecule has 0 saturated heterocycles. The van der Waals surface area contributed by atoms with Gasteiger partial charge in [0.25, 0.3) is 0 Å². The van der Waals surface area contributed by atoms with Gasteiger partial charge in [-0.2, -0.15) is 0 Å². The number of ether oxygens (including phenoxy) is 1. The van der Waals surface area contributed by atoms with Crippen LogP contribution in [-0.4, -0.2) is 35.4 Å². The maximum atomic E-state index is 12.3. The molecular weight excluding hydrogens is 256 g/mol. The van der Waals surface area contributed by atoms with Crippen LogP contribution >= 0.6 is 0 Å². The van der Waals surface area contributed by atoms with Crippen LogP contribution in [0.3, 0.4) is 0 Å². The summed E-state index contributed by atoms with van der Waals surface area (Å²) >= 11 is 0. The second-order valence-corrected chi connectivity index (χ2v) is 5.15. The van der Waals surface area contributed by atoms with Gasteiger partial charge >= 0.3 is 5.97 Å². The van der Waals surface area contributed by atoms with Gasteiger partial charge in [-0.1, -0.05) is 20.8 Å². The van der Waals surface area contributed by atoms with E-state index in [0.717, 1.165) is 5.56 Å². The standard InChI is InChI=1S/C15H22N2O3/c1-11(2)14(18)17(9-12(3)15(19)20-4)10-13-5-7-16-8-6-13/h5-8,11-12H,9-10H2,1-4H3. The topological polar surface area (TPSA) is 59.5 Å². The van der Waals surface area contributed by atoms with Crippen LogP contribution in [0.1, 0.15) is 26.3 Å². The molecule has 1 unspecified atom stereocenters. The number of hydrogen-bond donors (Lipinski definition) is 0. The van der Waals surface area contributed by atoms with Crippen LogP contribution in [0.5, 0.6) is 0 Å². The molecule has 1 aromatic heterocycles. The largest absolute Gasteiger partial charge is 0.469 e. The molecule has 1 atom stereocenters. The summed E-state index contributed by atoms with van der Waals surface area (Å²) in [7, 11) is 1.36. The Bertz CT molecular complexity index is 446. The van der Waals surface area contributed by atoms with E-state index in [0.29, 0.717) is 13.1 Å². The summed E-state index contributed by atoms with van der Waals surface area (Å²) in [5, 5.41) is 0. The highest BCUT2D eigenvalue weighted by molar-refractivity contribution is 5.79. The van der Waals surface area contributed by atoms with Crippen molar-refractivity contribution >= 4 is 11.9 Å². The first-order valence-corrected chi connectivity index (χ1v) is 6.71. The fourth-order valence-corrected chi connectivity index (χ4v) is 1.91. The second-order valence-electron chi connectivity index (χ2n) is 5.15. The van der Waals surface area contributed by atoms with Gasteiger partial charge in [0.2, 0.25) is 5.91 Å². The Balaban J connectivity index is 2.80. The smallest absolute Gasteiger partial charge is 0.310 e. The number of carbonyl (C=O) groups excluding carboxylic acids is 2. The molecule has 0 spiro atoms. The van der Waals surface area contributed by atoms with Crippen molar-refractivity contribution in [2.24, 2.45) is 11.8 Å². The Morgan fingerprint density at radius 3 is 2.35 bits per heavy atom. The van der Waals surface area contributed by atoms with Crippen LogP contribution in [0.25, 0.3) is 0 Å². The predicted molar refractivity (Wildman–Crippen MR) is 75.7 cm³/mol. The lowest BCUT2D eigenvalue weighted by atomic mass is 10.1. The van der Waals surface area contributed by atoms with Gasteiger partial charge in [0.05, 0.1) is 13.0 Å². The molecule has 1 aromatic rings. The highest BCUT2D eigenvalue weighted by atomic mass is 16.5. The molecule has 0 bridgehead atoms. The van der Waals surface area contributed by atoms with Crippen LogP contribution in [0.15, 0.2) is 24.5 Å². The van der Waals surface area contributed by atoms with E-state index >= 15 is 0 Å². The van der Waals surface area contributed by atoms with Gasteiger partial charge in [-0.25, -0.2) is 0 Å². The zero-order valence-corrected chi connectivity index (χ0v) is 12.5. The number of aromatic nitrogens is 1. The zero-order chi connectivity index (χ0) is 15.1. The zero-order valence-electron chi connectivity index (χ0n) is 12.5. The number of nitrogens with zero attached hydrogens (tertiary/aromatic N) is 2. The molecule has 5 heteroatoms. The highest BCUT2D eigenvalue weighted by Crippen LogP contribution is 2.12. The third-order valence-electron chi connectivity index (χ3n) is 3.03. The van der Waals surface area contributed by atoms with Crippen molar-refractivity contribution in [2.45, 2.75) is 27.3 Å². The average molecular weight is 278 g/mol. The molecular formula is C15H22N2O3. The molecule has 20 heavy (non-hydrogen) atoms. The van der Waals surface area contributed by atoms with E-state index in [1.807, 2.05) is 26.0 Å². The third kappa shape index (κ3) is 4.64. The SMILES string of the molecule is COC(=O)C(C)CN(Cc1ccncc1)C(=O)C(C)C. The van der Waals surface area contributed by atoms with Crippen LogP contribution in [0, 0.1) is 11.8 Å². The molecule has 0 aliphatic rings. The van der Waals surface area contributed by atoms with Crippen LogP contribution in [-0.2, 0) is 20.9 Å². The van der Waals surface area contributed by atoms with Gasteiger partial charge in [0.15, 0.2) is 0 Å². The summed E-state index contributed by atoms with van der Waals surface area (Å²) in [5.41, 5.74) is 0.992. The Morgan fingerprint density at radius 2 is 1.85 bits per heavy atom. The Hall–Kier alpha value is -1.91. The molecule has 110 valence electrons. The van der Waals surface area contributed by atoms with E-state index in [9.17, 15) is 9.59 Å². The van der Waals surface area contributed by atoms with Gasteiger partial charge in [-0.05, 0) is 17.7 Å². The first-order chi connectivity index (χ1) is 9.45. The van der Waals surface area contributed by atoms with E-state index < -0.39 is 0 Å². The average Bonchev–Trinajstić information content (AvgIpc) is 2.45. The van der Waals surface area contributed by atoms with Crippen LogP contribution < -0.4 is 0 Å². The van der Waals surface area contributed by atoms with Crippen molar-refractivity contribution in [3.8, 4) is 0 Å². The fourth-order valence-electron chi connectivity index (χ4n) is 1.91. The van der Waals surface area contributed by atoms with Gasteiger partial charge in [-0.15, -0.1) is 0 Å². The third-order valence-corrected chi connectivity index (χ3v) is 3.03. The molecule has 1 heterocycles. The van der Waals surface area contributed by atoms with Gasteiger partial charge in [0, 0.05) is 31.4 Å². The number of esters is 1. The van der Waals surface area contributed by atoms with Crippen LogP contribution in [0.4, 0.5) is 0 Å². The van der Waals surface area contributed by atoms with Gasteiger partial charge in [0.1, 0.15) is 0 Å². The molecule has 0 aliphatic carbocycles. The van der Waals surface area contributed by atoms with Gasteiger partial charge in [-0.3, -0.25) is 14.6 Å². The van der Waals surface area contributed by atoms with Crippen molar-refractivity contribution in [1.29, 1.82) is 0 Å². The maximum absolute atomic E-state index is 12.3. The number of carbonyl (C=O) groups is 2. The summed E-state index contributed by atoms with van der Waals surface area (Å²) < 4.78 is 4.72. The second kappa shape index (κ2) is 7.62. The van der Waals surface area contributed by atoms with E-state index in [1.165, 1.54) is 7.11 Å². The summed E-state index contributed by atoms with van der Waals surface area (Å²) in [6, 6.07) is 3.73. The summed E-state index contributed by atoms with van der Waals surface area (Å²) in [6.45, 7) is 6.29. The Labute approximate surface area is 119 Å². The Kier molecular flexibility index (Phi) is 6.15. The number of rotatable bonds is 6. The van der Waals surface area contributed by atoms with E-state index in [1.54, 1.807) is 24.2 Å². The number of amides is 1. The fraction of sp³-hybridized carbons (Fsp3) is 0.533. The van der Waals surface area contributed by atoms with Crippen molar-refractivity contribution in [3.63, 3.8) is 0 Å². The lowest BCUT2D eigenvalue weighted by Gasteiger charge is -2.26. The quantitative estimate of drug-likeness (QED) is 0.745. The van der Waals surface area contributed by atoms with E-state index in [4.69, 9.17) is 4.74 Å². The lowest BCUT2D eigenvalue weighted by molar-refractivity contribution is -0.147. The van der Waals surface area contributed by atoms with Gasteiger partial charge < -0.3 is 9.64 Å². The van der Waals surface area contributed by atoms with Crippen molar-refractivity contribution < 1.29 is 14.3 Å². The monoisotopic (exact) mass is 278 g/mol. The molecule has 0 aromatic carbocycles. The molecule has 5 nitrogen and oxygen atoms in total. The van der Waals surface area contributed by atoms with Crippen molar-refractivity contribution in [2.75, 3.05) is 13.7 Å². The summed E-state index contributed by atoms with van der Waals surface area (Å²) in [6.07, 6.45) is 3.38. The molecule has 0 fully saturated rings. The highest BCUT2D eigenvalue weighted by Gasteiger charge is 2.23. The number of pyridine rings is 1. The van der Waals surface area contributed by atoms with Crippen LogP contribution in [0.2, 0.25) is 0 Å². The predicted octanol–water partition coefficient (Wildman–Crippen LogP) is 1.88. The minimum atomic E-state index is -0.343. The maximum Gasteiger partial charge on any atom is 0.310 e. The van der Waals surface area contributed by atoms with E-state index in [2.05, 4.69) is 4.98 Å². The van der Waals surface area contributed by atoms with Crippen molar-refractivity contribution in [1.82, 2.24) is 9.88 Å². The van der Waals surface area contributed by atoms with E-state index in [-0.39, 0.29) is 23.7 Å². The normalized spacial score (nSPS) is 12.1. The molecule has 1 amide bonds. The summed E-state index contributed by atoms with van der Waals surface area (Å²) in [5.74, 6) is -0.731. The summed E-state index contributed by atoms with van der Waals surface area (Å²) in [4.78, 5) is 29.4. The molecule has 0 N–H and O–H groups in total. The Morgan fingerprint density at radius 1 is 1.25 bits per heavy atom. The number of hydrogen-bond acceptors (Lipinski definition) is 4. The molecule has 0 aliphatic heterocycles. The minimum Gasteiger partial charge on any atom is -0.469 e. The lowest BCUT2D eigenvalue weighted by Crippen LogP contribution is -2.39. The molecule has 1 rings (SSSR count). The minimum absolute atomic E-state index is 0.0255. The van der Waals surface area contributed by atoms with Crippen molar-refractivity contribution in [3.05, 3.63) is 30.1 Å². The molecule has 0 radical (unpaired) electrons.